The highest BCUT2D eigenvalue weighted by Crippen LogP contribution is 2.18. The maximum atomic E-state index is 10.1. The molecule has 0 aromatic heterocycles. The SMILES string of the molecule is C=C(N=C(N)N)C(O)NC1CCCN1C(C)NC(N)C(C)O. The van der Waals surface area contributed by atoms with Gasteiger partial charge in [0.1, 0.15) is 6.23 Å². The summed E-state index contributed by atoms with van der Waals surface area (Å²) >= 11 is 0. The molecule has 0 bridgehead atoms. The lowest BCUT2D eigenvalue weighted by atomic mass is 10.3. The normalized spacial score (nSPS) is 24.5. The zero-order valence-electron chi connectivity index (χ0n) is 13.2. The molecule has 1 fully saturated rings. The molecule has 0 radical (unpaired) electrons. The molecule has 1 aliphatic rings. The van der Waals surface area contributed by atoms with Gasteiger partial charge in [-0.15, -0.1) is 0 Å². The molecular weight excluding hydrogens is 286 g/mol. The maximum absolute atomic E-state index is 10.1. The second kappa shape index (κ2) is 8.42. The van der Waals surface area contributed by atoms with E-state index >= 15 is 0 Å². The average molecular weight is 315 g/mol. The van der Waals surface area contributed by atoms with Gasteiger partial charge >= 0.3 is 0 Å². The van der Waals surface area contributed by atoms with Gasteiger partial charge in [-0.1, -0.05) is 6.58 Å². The van der Waals surface area contributed by atoms with Crippen molar-refractivity contribution in [2.24, 2.45) is 22.2 Å². The molecule has 9 nitrogen and oxygen atoms in total. The van der Waals surface area contributed by atoms with Crippen molar-refractivity contribution in [3.05, 3.63) is 12.3 Å². The van der Waals surface area contributed by atoms with Gasteiger partial charge in [-0.3, -0.25) is 15.5 Å². The Kier molecular flexibility index (Phi) is 7.20. The van der Waals surface area contributed by atoms with Crippen LogP contribution in [0.25, 0.3) is 0 Å². The van der Waals surface area contributed by atoms with Crippen molar-refractivity contribution in [2.45, 2.75) is 57.5 Å². The molecule has 5 atom stereocenters. The van der Waals surface area contributed by atoms with E-state index < -0.39 is 18.5 Å². The van der Waals surface area contributed by atoms with Crippen LogP contribution in [0.5, 0.6) is 0 Å². The summed E-state index contributed by atoms with van der Waals surface area (Å²) in [5, 5.41) is 25.7. The van der Waals surface area contributed by atoms with Gasteiger partial charge in [-0.25, -0.2) is 4.99 Å². The molecule has 0 aromatic rings. The quantitative estimate of drug-likeness (QED) is 0.150. The number of aliphatic hydroxyl groups excluding tert-OH is 2. The highest BCUT2D eigenvalue weighted by atomic mass is 16.3. The lowest BCUT2D eigenvalue weighted by molar-refractivity contribution is 0.0598. The Labute approximate surface area is 131 Å². The van der Waals surface area contributed by atoms with Gasteiger partial charge < -0.3 is 27.4 Å². The summed E-state index contributed by atoms with van der Waals surface area (Å²) in [6, 6.07) is 0. The van der Waals surface area contributed by atoms with E-state index in [4.69, 9.17) is 17.2 Å². The number of rotatable bonds is 8. The van der Waals surface area contributed by atoms with Gasteiger partial charge in [0.25, 0.3) is 0 Å². The van der Waals surface area contributed by atoms with E-state index in [1.54, 1.807) is 6.92 Å². The molecule has 0 amide bonds. The van der Waals surface area contributed by atoms with E-state index in [1.807, 2.05) is 6.92 Å². The minimum atomic E-state index is -1.04. The van der Waals surface area contributed by atoms with Gasteiger partial charge in [0.05, 0.1) is 30.3 Å². The molecule has 0 aliphatic carbocycles. The van der Waals surface area contributed by atoms with Gasteiger partial charge in [0.2, 0.25) is 0 Å². The van der Waals surface area contributed by atoms with Crippen LogP contribution in [0, 0.1) is 0 Å². The standard InChI is InChI=1S/C13H29N7O2/c1-7(17-13(15)16)12(22)19-10-5-4-6-20(10)9(3)18-11(14)8(2)21/h8-12,18-19,21-22H,1,4-6,14H2,2-3H3,(H4,15,16,17). The lowest BCUT2D eigenvalue weighted by Gasteiger charge is -2.35. The van der Waals surface area contributed by atoms with Crippen LogP contribution in [0.3, 0.4) is 0 Å². The van der Waals surface area contributed by atoms with Crippen LogP contribution >= 0.6 is 0 Å². The second-order valence-electron chi connectivity index (χ2n) is 5.60. The Hall–Kier alpha value is -1.23. The Balaban J connectivity index is 2.59. The monoisotopic (exact) mass is 315 g/mol. The Morgan fingerprint density at radius 1 is 1.36 bits per heavy atom. The summed E-state index contributed by atoms with van der Waals surface area (Å²) in [5.41, 5.74) is 16.5. The van der Waals surface area contributed by atoms with Crippen LogP contribution in [0.4, 0.5) is 0 Å². The van der Waals surface area contributed by atoms with E-state index in [2.05, 4.69) is 27.1 Å². The summed E-state index contributed by atoms with van der Waals surface area (Å²) in [6.07, 6.45) is -0.485. The maximum Gasteiger partial charge on any atom is 0.190 e. The first-order chi connectivity index (χ1) is 10.2. The number of aliphatic imine (C=N–C) groups is 1. The van der Waals surface area contributed by atoms with Crippen LogP contribution in [0.15, 0.2) is 17.3 Å². The fraction of sp³-hybridized carbons (Fsp3) is 0.769. The number of aliphatic hydroxyl groups is 2. The Morgan fingerprint density at radius 2 is 2.00 bits per heavy atom. The molecule has 128 valence electrons. The molecule has 1 rings (SSSR count). The van der Waals surface area contributed by atoms with Crippen LogP contribution < -0.4 is 27.8 Å². The van der Waals surface area contributed by atoms with Crippen molar-refractivity contribution in [3.8, 4) is 0 Å². The third kappa shape index (κ3) is 5.52. The molecule has 10 N–H and O–H groups in total. The largest absolute Gasteiger partial charge is 0.390 e. The first-order valence-corrected chi connectivity index (χ1v) is 7.40. The number of nitrogens with zero attached hydrogens (tertiary/aromatic N) is 2. The molecular formula is C13H29N7O2. The van der Waals surface area contributed by atoms with Gasteiger partial charge in [-0.05, 0) is 26.7 Å². The third-order valence-electron chi connectivity index (χ3n) is 3.68. The molecule has 0 spiro atoms. The van der Waals surface area contributed by atoms with Crippen LogP contribution in [-0.2, 0) is 0 Å². The first-order valence-electron chi connectivity index (χ1n) is 7.40. The number of likely N-dealkylation sites (tertiary alicyclic amines) is 1. The summed E-state index contributed by atoms with van der Waals surface area (Å²) in [7, 11) is 0. The molecule has 5 unspecified atom stereocenters. The molecule has 1 saturated heterocycles. The van der Waals surface area contributed by atoms with Crippen molar-refractivity contribution in [1.29, 1.82) is 0 Å². The number of guanidine groups is 1. The number of nitrogens with one attached hydrogen (secondary N) is 2. The van der Waals surface area contributed by atoms with Crippen molar-refractivity contribution in [1.82, 2.24) is 15.5 Å². The molecule has 1 aliphatic heterocycles. The highest BCUT2D eigenvalue weighted by molar-refractivity contribution is 5.76. The summed E-state index contributed by atoms with van der Waals surface area (Å²) in [4.78, 5) is 5.86. The topological polar surface area (TPSA) is 158 Å². The predicted molar refractivity (Wildman–Crippen MR) is 86.1 cm³/mol. The van der Waals surface area contributed by atoms with Crippen molar-refractivity contribution < 1.29 is 10.2 Å². The van der Waals surface area contributed by atoms with Gasteiger partial charge in [-0.2, -0.15) is 0 Å². The van der Waals surface area contributed by atoms with Crippen LogP contribution in [0.2, 0.25) is 0 Å². The summed E-state index contributed by atoms with van der Waals surface area (Å²) in [6.45, 7) is 8.07. The lowest BCUT2D eigenvalue weighted by Crippen LogP contribution is -2.59. The second-order valence-corrected chi connectivity index (χ2v) is 5.60. The fourth-order valence-electron chi connectivity index (χ4n) is 2.45. The molecule has 9 heteroatoms. The minimum absolute atomic E-state index is 0.0619. The highest BCUT2D eigenvalue weighted by Gasteiger charge is 2.31. The van der Waals surface area contributed by atoms with Gasteiger partial charge in [0.15, 0.2) is 5.96 Å². The van der Waals surface area contributed by atoms with Crippen LogP contribution in [0.1, 0.15) is 26.7 Å². The first kappa shape index (κ1) is 18.8. The number of hydrogen-bond donors (Lipinski definition) is 7. The summed E-state index contributed by atoms with van der Waals surface area (Å²) in [5.74, 6) is -0.146. The van der Waals surface area contributed by atoms with Crippen molar-refractivity contribution >= 4 is 5.96 Å². The Morgan fingerprint density at radius 3 is 2.55 bits per heavy atom. The fourth-order valence-corrected chi connectivity index (χ4v) is 2.45. The van der Waals surface area contributed by atoms with E-state index in [0.717, 1.165) is 19.4 Å². The Bertz CT molecular complexity index is 398. The zero-order valence-corrected chi connectivity index (χ0v) is 13.2. The van der Waals surface area contributed by atoms with Crippen molar-refractivity contribution in [3.63, 3.8) is 0 Å². The third-order valence-corrected chi connectivity index (χ3v) is 3.68. The molecule has 0 aromatic carbocycles. The number of nitrogens with two attached hydrogens (primary N) is 3. The summed E-state index contributed by atoms with van der Waals surface area (Å²) < 4.78 is 0. The van der Waals surface area contributed by atoms with E-state index in [-0.39, 0.29) is 24.0 Å². The molecule has 22 heavy (non-hydrogen) atoms. The van der Waals surface area contributed by atoms with Crippen molar-refractivity contribution in [2.75, 3.05) is 6.54 Å². The van der Waals surface area contributed by atoms with E-state index in [0.29, 0.717) is 0 Å². The average Bonchev–Trinajstić information content (AvgIpc) is 2.85. The minimum Gasteiger partial charge on any atom is -0.390 e. The molecule has 1 heterocycles. The molecule has 0 saturated carbocycles. The van der Waals surface area contributed by atoms with Gasteiger partial charge in [0, 0.05) is 6.54 Å². The number of hydrogen-bond acceptors (Lipinski definition) is 7. The van der Waals surface area contributed by atoms with E-state index in [1.165, 1.54) is 0 Å². The smallest absolute Gasteiger partial charge is 0.190 e. The zero-order chi connectivity index (χ0) is 16.9. The van der Waals surface area contributed by atoms with E-state index in [9.17, 15) is 10.2 Å². The predicted octanol–water partition coefficient (Wildman–Crippen LogP) is -2.30. The van der Waals surface area contributed by atoms with Crippen LogP contribution in [-0.4, -0.2) is 58.4 Å².